The van der Waals surface area contributed by atoms with E-state index in [0.29, 0.717) is 27.9 Å². The Morgan fingerprint density at radius 3 is 2.67 bits per heavy atom. The van der Waals surface area contributed by atoms with Crippen molar-refractivity contribution < 1.29 is 4.42 Å². The van der Waals surface area contributed by atoms with Crippen LogP contribution in [0.5, 0.6) is 0 Å². The number of nitrogen functional groups attached to an aromatic ring is 2. The second-order valence-electron chi connectivity index (χ2n) is 3.98. The predicted molar refractivity (Wildman–Crippen MR) is 73.3 cm³/mol. The molecule has 1 heterocycles. The third-order valence-electron chi connectivity index (χ3n) is 2.66. The molecule has 0 saturated heterocycles. The van der Waals surface area contributed by atoms with E-state index in [2.05, 4.69) is 4.98 Å². The Hall–Kier alpha value is -2.20. The minimum Gasteiger partial charge on any atom is -0.436 e. The summed E-state index contributed by atoms with van der Waals surface area (Å²) in [5, 5.41) is 0.481. The lowest BCUT2D eigenvalue weighted by Crippen LogP contribution is -1.86. The van der Waals surface area contributed by atoms with Crippen molar-refractivity contribution in [3.8, 4) is 11.5 Å². The molecular formula is C13H10ClN3O. The van der Waals surface area contributed by atoms with E-state index in [1.807, 2.05) is 6.07 Å². The zero-order chi connectivity index (χ0) is 12.7. The van der Waals surface area contributed by atoms with Crippen molar-refractivity contribution in [2.24, 2.45) is 0 Å². The molecule has 5 heteroatoms. The second kappa shape index (κ2) is 3.92. The fraction of sp³-hybridized carbons (Fsp3) is 0. The van der Waals surface area contributed by atoms with Gasteiger partial charge in [-0.2, -0.15) is 0 Å². The van der Waals surface area contributed by atoms with Gasteiger partial charge in [0, 0.05) is 11.3 Å². The van der Waals surface area contributed by atoms with Gasteiger partial charge in [0.1, 0.15) is 5.52 Å². The van der Waals surface area contributed by atoms with Gasteiger partial charge in [-0.25, -0.2) is 4.98 Å². The topological polar surface area (TPSA) is 78.1 Å². The van der Waals surface area contributed by atoms with E-state index in [0.717, 1.165) is 11.1 Å². The molecule has 0 unspecified atom stereocenters. The van der Waals surface area contributed by atoms with Crippen molar-refractivity contribution in [3.05, 3.63) is 41.4 Å². The maximum Gasteiger partial charge on any atom is 0.227 e. The first-order chi connectivity index (χ1) is 8.63. The van der Waals surface area contributed by atoms with Crippen molar-refractivity contribution in [3.63, 3.8) is 0 Å². The van der Waals surface area contributed by atoms with Crippen molar-refractivity contribution in [2.45, 2.75) is 0 Å². The Labute approximate surface area is 108 Å². The summed E-state index contributed by atoms with van der Waals surface area (Å²) in [7, 11) is 0. The first kappa shape index (κ1) is 10.9. The van der Waals surface area contributed by atoms with E-state index >= 15 is 0 Å². The first-order valence-corrected chi connectivity index (χ1v) is 5.73. The number of rotatable bonds is 1. The van der Waals surface area contributed by atoms with Crippen LogP contribution in [-0.4, -0.2) is 4.98 Å². The van der Waals surface area contributed by atoms with Crippen molar-refractivity contribution in [1.29, 1.82) is 0 Å². The standard InChI is InChI=1S/C13H10ClN3O/c14-9-5-7(1-3-10(9)16)13-17-11-6-8(15)2-4-12(11)18-13/h1-6H,15-16H2. The van der Waals surface area contributed by atoms with Crippen molar-refractivity contribution in [1.82, 2.24) is 4.98 Å². The number of nitrogens with two attached hydrogens (primary N) is 2. The zero-order valence-corrected chi connectivity index (χ0v) is 10.1. The minimum absolute atomic E-state index is 0.481. The summed E-state index contributed by atoms with van der Waals surface area (Å²) >= 11 is 5.97. The van der Waals surface area contributed by atoms with Crippen molar-refractivity contribution >= 4 is 34.1 Å². The summed E-state index contributed by atoms with van der Waals surface area (Å²) in [5.74, 6) is 0.498. The molecule has 4 N–H and O–H groups in total. The van der Waals surface area contributed by atoms with Gasteiger partial charge >= 0.3 is 0 Å². The number of oxazole rings is 1. The van der Waals surface area contributed by atoms with Crippen LogP contribution in [0.3, 0.4) is 0 Å². The molecule has 90 valence electrons. The summed E-state index contributed by atoms with van der Waals surface area (Å²) in [5.41, 5.74) is 14.7. The van der Waals surface area contributed by atoms with Gasteiger partial charge in [-0.3, -0.25) is 0 Å². The minimum atomic E-state index is 0.481. The van der Waals surface area contributed by atoms with Gasteiger partial charge in [0.15, 0.2) is 5.58 Å². The SMILES string of the molecule is Nc1ccc2oc(-c3ccc(N)c(Cl)c3)nc2c1. The zero-order valence-electron chi connectivity index (χ0n) is 9.35. The number of aromatic nitrogens is 1. The highest BCUT2D eigenvalue weighted by molar-refractivity contribution is 6.33. The van der Waals surface area contributed by atoms with Crippen LogP contribution >= 0.6 is 11.6 Å². The van der Waals surface area contributed by atoms with E-state index < -0.39 is 0 Å². The molecule has 0 saturated carbocycles. The fourth-order valence-corrected chi connectivity index (χ4v) is 1.91. The van der Waals surface area contributed by atoms with Gasteiger partial charge in [0.25, 0.3) is 0 Å². The van der Waals surface area contributed by atoms with Crippen LogP contribution < -0.4 is 11.5 Å². The fourth-order valence-electron chi connectivity index (χ4n) is 1.73. The van der Waals surface area contributed by atoms with Gasteiger partial charge in [0.2, 0.25) is 5.89 Å². The molecule has 1 aromatic heterocycles. The van der Waals surface area contributed by atoms with Gasteiger partial charge in [-0.05, 0) is 36.4 Å². The lowest BCUT2D eigenvalue weighted by molar-refractivity contribution is 0.620. The Bertz CT molecular complexity index is 736. The summed E-state index contributed by atoms with van der Waals surface area (Å²) in [6, 6.07) is 10.6. The van der Waals surface area contributed by atoms with Gasteiger partial charge in [0.05, 0.1) is 10.7 Å². The van der Waals surface area contributed by atoms with E-state index in [1.165, 1.54) is 0 Å². The lowest BCUT2D eigenvalue weighted by atomic mass is 10.2. The quantitative estimate of drug-likeness (QED) is 0.657. The Kier molecular flexibility index (Phi) is 2.38. The van der Waals surface area contributed by atoms with Crippen LogP contribution in [-0.2, 0) is 0 Å². The molecule has 0 radical (unpaired) electrons. The molecule has 0 atom stereocenters. The number of anilines is 2. The summed E-state index contributed by atoms with van der Waals surface area (Å²) in [6.07, 6.45) is 0. The summed E-state index contributed by atoms with van der Waals surface area (Å²) < 4.78 is 5.64. The third-order valence-corrected chi connectivity index (χ3v) is 2.99. The molecule has 0 bridgehead atoms. The normalized spacial score (nSPS) is 10.9. The molecule has 0 aliphatic carbocycles. The highest BCUT2D eigenvalue weighted by Gasteiger charge is 2.09. The van der Waals surface area contributed by atoms with Crippen LogP contribution in [0.4, 0.5) is 11.4 Å². The largest absolute Gasteiger partial charge is 0.436 e. The molecule has 0 amide bonds. The number of nitrogens with zero attached hydrogens (tertiary/aromatic N) is 1. The molecule has 0 spiro atoms. The molecule has 0 aliphatic heterocycles. The molecular weight excluding hydrogens is 250 g/mol. The van der Waals surface area contributed by atoms with Crippen LogP contribution in [0.25, 0.3) is 22.6 Å². The number of fused-ring (bicyclic) bond motifs is 1. The summed E-state index contributed by atoms with van der Waals surface area (Å²) in [4.78, 5) is 4.37. The maximum absolute atomic E-state index is 5.97. The van der Waals surface area contributed by atoms with E-state index in [9.17, 15) is 0 Å². The van der Waals surface area contributed by atoms with Gasteiger partial charge in [-0.1, -0.05) is 11.6 Å². The monoisotopic (exact) mass is 259 g/mol. The molecule has 3 rings (SSSR count). The number of benzene rings is 2. The average molecular weight is 260 g/mol. The molecule has 2 aromatic carbocycles. The Morgan fingerprint density at radius 1 is 1.06 bits per heavy atom. The Morgan fingerprint density at radius 2 is 1.89 bits per heavy atom. The smallest absolute Gasteiger partial charge is 0.227 e. The van der Waals surface area contributed by atoms with Gasteiger partial charge < -0.3 is 15.9 Å². The molecule has 3 aromatic rings. The first-order valence-electron chi connectivity index (χ1n) is 5.35. The molecule has 0 fully saturated rings. The van der Waals surface area contributed by atoms with Crippen LogP contribution in [0.1, 0.15) is 0 Å². The maximum atomic E-state index is 5.97. The van der Waals surface area contributed by atoms with E-state index in [4.69, 9.17) is 27.5 Å². The average Bonchev–Trinajstić information content (AvgIpc) is 2.75. The highest BCUT2D eigenvalue weighted by atomic mass is 35.5. The predicted octanol–water partition coefficient (Wildman–Crippen LogP) is 3.31. The summed E-state index contributed by atoms with van der Waals surface area (Å²) in [6.45, 7) is 0. The second-order valence-corrected chi connectivity index (χ2v) is 4.39. The van der Waals surface area contributed by atoms with Crippen LogP contribution in [0.15, 0.2) is 40.8 Å². The van der Waals surface area contributed by atoms with Crippen LogP contribution in [0, 0.1) is 0 Å². The number of halogens is 1. The number of hydrogen-bond acceptors (Lipinski definition) is 4. The molecule has 0 aliphatic rings. The van der Waals surface area contributed by atoms with Crippen molar-refractivity contribution in [2.75, 3.05) is 11.5 Å². The lowest BCUT2D eigenvalue weighted by Gasteiger charge is -1.99. The Balaban J connectivity index is 2.16. The molecule has 4 nitrogen and oxygen atoms in total. The molecule has 18 heavy (non-hydrogen) atoms. The van der Waals surface area contributed by atoms with E-state index in [-0.39, 0.29) is 0 Å². The van der Waals surface area contributed by atoms with Gasteiger partial charge in [-0.15, -0.1) is 0 Å². The third kappa shape index (κ3) is 1.76. The number of hydrogen-bond donors (Lipinski definition) is 2. The van der Waals surface area contributed by atoms with E-state index in [1.54, 1.807) is 30.3 Å². The van der Waals surface area contributed by atoms with Crippen LogP contribution in [0.2, 0.25) is 5.02 Å². The highest BCUT2D eigenvalue weighted by Crippen LogP contribution is 2.29.